The third-order valence-electron chi connectivity index (χ3n) is 3.71. The minimum atomic E-state index is -0.0285. The molecule has 0 atom stereocenters. The van der Waals surface area contributed by atoms with Crippen molar-refractivity contribution in [3.63, 3.8) is 0 Å². The number of guanidine groups is 1. The van der Waals surface area contributed by atoms with E-state index in [2.05, 4.69) is 27.1 Å². The smallest absolute Gasteiger partial charge is 0.243 e. The van der Waals surface area contributed by atoms with E-state index in [0.717, 1.165) is 30.0 Å². The molecule has 0 fully saturated rings. The van der Waals surface area contributed by atoms with Crippen LogP contribution in [-0.2, 0) is 17.6 Å². The van der Waals surface area contributed by atoms with Crippen molar-refractivity contribution in [1.29, 1.82) is 0 Å². The first kappa shape index (κ1) is 20.3. The van der Waals surface area contributed by atoms with Gasteiger partial charge in [-0.3, -0.25) is 4.79 Å². The van der Waals surface area contributed by atoms with Crippen molar-refractivity contribution in [1.82, 2.24) is 15.5 Å². The van der Waals surface area contributed by atoms with Crippen LogP contribution in [0.2, 0.25) is 5.02 Å². The predicted molar refractivity (Wildman–Crippen MR) is 110 cm³/mol. The summed E-state index contributed by atoms with van der Waals surface area (Å²) >= 11 is 7.76. The van der Waals surface area contributed by atoms with Crippen LogP contribution < -0.4 is 10.6 Å². The molecule has 0 aliphatic rings. The summed E-state index contributed by atoms with van der Waals surface area (Å²) in [5.74, 6) is 0.623. The van der Waals surface area contributed by atoms with Gasteiger partial charge in [0, 0.05) is 37.1 Å². The lowest BCUT2D eigenvalue weighted by atomic mass is 10.1. The van der Waals surface area contributed by atoms with Gasteiger partial charge in [0.1, 0.15) is 6.54 Å². The van der Waals surface area contributed by atoms with Crippen LogP contribution >= 0.6 is 22.9 Å². The molecule has 0 aliphatic carbocycles. The second-order valence-corrected chi connectivity index (χ2v) is 7.48. The fourth-order valence-corrected chi connectivity index (χ4v) is 3.16. The van der Waals surface area contributed by atoms with Crippen molar-refractivity contribution in [2.45, 2.75) is 12.8 Å². The lowest BCUT2D eigenvalue weighted by molar-refractivity contribution is -0.127. The van der Waals surface area contributed by atoms with E-state index in [4.69, 9.17) is 11.6 Å². The average molecular weight is 393 g/mol. The van der Waals surface area contributed by atoms with Gasteiger partial charge in [-0.05, 0) is 42.0 Å². The molecular formula is C19H25ClN4OS. The van der Waals surface area contributed by atoms with E-state index < -0.39 is 0 Å². The van der Waals surface area contributed by atoms with E-state index in [-0.39, 0.29) is 12.5 Å². The Morgan fingerprint density at radius 3 is 2.58 bits per heavy atom. The summed E-state index contributed by atoms with van der Waals surface area (Å²) in [5.41, 5.74) is 1.16. The van der Waals surface area contributed by atoms with Crippen LogP contribution in [0.25, 0.3) is 0 Å². The van der Waals surface area contributed by atoms with E-state index in [0.29, 0.717) is 12.5 Å². The number of benzene rings is 1. The molecular weight excluding hydrogens is 368 g/mol. The highest BCUT2D eigenvalue weighted by atomic mass is 35.5. The molecule has 1 aromatic heterocycles. The maximum absolute atomic E-state index is 11.8. The molecule has 0 saturated heterocycles. The van der Waals surface area contributed by atoms with E-state index in [1.807, 2.05) is 30.3 Å². The maximum atomic E-state index is 11.8. The second-order valence-electron chi connectivity index (χ2n) is 6.02. The van der Waals surface area contributed by atoms with Crippen LogP contribution in [0.4, 0.5) is 0 Å². The van der Waals surface area contributed by atoms with E-state index in [1.165, 1.54) is 4.88 Å². The molecule has 0 bridgehead atoms. The number of nitrogens with zero attached hydrogens (tertiary/aromatic N) is 2. The Hall–Kier alpha value is -2.05. The molecule has 0 aliphatic heterocycles. The van der Waals surface area contributed by atoms with Gasteiger partial charge in [-0.2, -0.15) is 0 Å². The van der Waals surface area contributed by atoms with Crippen LogP contribution in [0.15, 0.2) is 46.8 Å². The monoisotopic (exact) mass is 392 g/mol. The number of likely N-dealkylation sites (N-methyl/N-ethyl adjacent to an activating group) is 1. The number of carbonyl (C=O) groups excluding carboxylic acids is 1. The molecule has 0 spiro atoms. The molecule has 1 heterocycles. The van der Waals surface area contributed by atoms with Crippen LogP contribution in [-0.4, -0.2) is 50.5 Å². The van der Waals surface area contributed by atoms with Crippen molar-refractivity contribution in [2.24, 2.45) is 4.99 Å². The quantitative estimate of drug-likeness (QED) is 0.536. The molecule has 2 N–H and O–H groups in total. The normalized spacial score (nSPS) is 11.3. The zero-order valence-electron chi connectivity index (χ0n) is 15.2. The number of hydrogen-bond donors (Lipinski definition) is 2. The minimum Gasteiger partial charge on any atom is -0.356 e. The first-order valence-corrected chi connectivity index (χ1v) is 9.79. The molecule has 1 aromatic carbocycles. The summed E-state index contributed by atoms with van der Waals surface area (Å²) < 4.78 is 0. The summed E-state index contributed by atoms with van der Waals surface area (Å²) in [4.78, 5) is 19.0. The Balaban J connectivity index is 1.86. The molecule has 5 nitrogen and oxygen atoms in total. The average Bonchev–Trinajstić information content (AvgIpc) is 3.12. The topological polar surface area (TPSA) is 56.7 Å². The minimum absolute atomic E-state index is 0.0285. The van der Waals surface area contributed by atoms with Crippen molar-refractivity contribution in [3.8, 4) is 0 Å². The number of amides is 1. The van der Waals surface area contributed by atoms with E-state index in [1.54, 1.807) is 30.3 Å². The Labute approximate surface area is 164 Å². The lowest BCUT2D eigenvalue weighted by Crippen LogP contribution is -2.40. The summed E-state index contributed by atoms with van der Waals surface area (Å²) in [6.07, 6.45) is 1.75. The number of nitrogens with one attached hydrogen (secondary N) is 2. The van der Waals surface area contributed by atoms with Gasteiger partial charge in [-0.1, -0.05) is 29.8 Å². The standard InChI is InChI=1S/C19H25ClN4OS/c1-24(2)18(25)14-23-19(22-11-9-17-7-4-12-26-17)21-10-8-15-5-3-6-16(20)13-15/h3-7,12-13H,8-11,14H2,1-2H3,(H2,21,22,23). The second kappa shape index (κ2) is 10.8. The van der Waals surface area contributed by atoms with Crippen LogP contribution in [0.1, 0.15) is 10.4 Å². The van der Waals surface area contributed by atoms with Crippen LogP contribution in [0, 0.1) is 0 Å². The Kier molecular flexibility index (Phi) is 8.44. The van der Waals surface area contributed by atoms with Gasteiger partial charge in [0.25, 0.3) is 0 Å². The lowest BCUT2D eigenvalue weighted by Gasteiger charge is -2.13. The van der Waals surface area contributed by atoms with Crippen LogP contribution in [0.5, 0.6) is 0 Å². The van der Waals surface area contributed by atoms with Gasteiger partial charge in [0.15, 0.2) is 5.96 Å². The first-order valence-electron chi connectivity index (χ1n) is 8.54. The SMILES string of the molecule is CN(C)C(=O)CN=C(NCCc1cccc(Cl)c1)NCCc1cccs1. The molecule has 0 unspecified atom stereocenters. The molecule has 1 amide bonds. The van der Waals surface area contributed by atoms with E-state index >= 15 is 0 Å². The third kappa shape index (κ3) is 7.45. The largest absolute Gasteiger partial charge is 0.356 e. The molecule has 0 saturated carbocycles. The number of thiophene rings is 1. The van der Waals surface area contributed by atoms with Crippen molar-refractivity contribution in [3.05, 3.63) is 57.2 Å². The molecule has 0 radical (unpaired) electrons. The molecule has 2 aromatic rings. The molecule has 140 valence electrons. The van der Waals surface area contributed by atoms with Crippen molar-refractivity contribution < 1.29 is 4.79 Å². The zero-order chi connectivity index (χ0) is 18.8. The third-order valence-corrected chi connectivity index (χ3v) is 4.88. The Bertz CT molecular complexity index is 716. The molecule has 2 rings (SSSR count). The Morgan fingerprint density at radius 1 is 1.15 bits per heavy atom. The van der Waals surface area contributed by atoms with Crippen molar-refractivity contribution in [2.75, 3.05) is 33.7 Å². The highest BCUT2D eigenvalue weighted by molar-refractivity contribution is 7.09. The maximum Gasteiger partial charge on any atom is 0.243 e. The highest BCUT2D eigenvalue weighted by Gasteiger charge is 2.05. The van der Waals surface area contributed by atoms with Gasteiger partial charge in [-0.25, -0.2) is 4.99 Å². The van der Waals surface area contributed by atoms with E-state index in [9.17, 15) is 4.79 Å². The number of halogens is 1. The predicted octanol–water partition coefficient (Wildman–Crippen LogP) is 2.81. The van der Waals surface area contributed by atoms with Gasteiger partial charge in [0.05, 0.1) is 0 Å². The van der Waals surface area contributed by atoms with Gasteiger partial charge >= 0.3 is 0 Å². The summed E-state index contributed by atoms with van der Waals surface area (Å²) in [7, 11) is 3.46. The zero-order valence-corrected chi connectivity index (χ0v) is 16.7. The van der Waals surface area contributed by atoms with Gasteiger partial charge < -0.3 is 15.5 Å². The van der Waals surface area contributed by atoms with Crippen molar-refractivity contribution >= 4 is 34.8 Å². The number of rotatable bonds is 8. The highest BCUT2D eigenvalue weighted by Crippen LogP contribution is 2.10. The van der Waals surface area contributed by atoms with Gasteiger partial charge in [0.2, 0.25) is 5.91 Å². The fourth-order valence-electron chi connectivity index (χ4n) is 2.24. The molecule has 7 heteroatoms. The summed E-state index contributed by atoms with van der Waals surface area (Å²) in [6.45, 7) is 1.60. The number of hydrogen-bond acceptors (Lipinski definition) is 3. The Morgan fingerprint density at radius 2 is 1.92 bits per heavy atom. The number of carbonyl (C=O) groups is 1. The summed E-state index contributed by atoms with van der Waals surface area (Å²) in [6, 6.07) is 12.0. The van der Waals surface area contributed by atoms with Gasteiger partial charge in [-0.15, -0.1) is 11.3 Å². The molecule has 26 heavy (non-hydrogen) atoms. The van der Waals surface area contributed by atoms with Crippen LogP contribution in [0.3, 0.4) is 0 Å². The summed E-state index contributed by atoms with van der Waals surface area (Å²) in [5, 5.41) is 9.40. The first-order chi connectivity index (χ1) is 12.5. The fraction of sp³-hybridized carbons (Fsp3) is 0.368. The number of aliphatic imine (C=N–C) groups is 1.